The summed E-state index contributed by atoms with van der Waals surface area (Å²) in [5.41, 5.74) is 6.53. The van der Waals surface area contributed by atoms with Crippen molar-refractivity contribution >= 4 is 17.7 Å². The zero-order chi connectivity index (χ0) is 18.3. The van der Waals surface area contributed by atoms with Gasteiger partial charge in [-0.15, -0.1) is 0 Å². The van der Waals surface area contributed by atoms with Gasteiger partial charge in [0.2, 0.25) is 0 Å². The summed E-state index contributed by atoms with van der Waals surface area (Å²) >= 11 is 0. The first-order chi connectivity index (χ1) is 11.1. The highest BCUT2D eigenvalue weighted by Crippen LogP contribution is 2.23. The Balaban J connectivity index is 2.92. The molecular formula is C17H26N2O5. The Kier molecular flexibility index (Phi) is 6.88. The fourth-order valence-corrected chi connectivity index (χ4v) is 2.16. The first-order valence-corrected chi connectivity index (χ1v) is 7.63. The average molecular weight is 338 g/mol. The van der Waals surface area contributed by atoms with Crippen LogP contribution >= 0.6 is 0 Å². The predicted molar refractivity (Wildman–Crippen MR) is 90.9 cm³/mol. The first-order valence-electron chi connectivity index (χ1n) is 7.63. The van der Waals surface area contributed by atoms with E-state index in [0.717, 1.165) is 5.56 Å². The lowest BCUT2D eigenvalue weighted by molar-refractivity contribution is -0.141. The summed E-state index contributed by atoms with van der Waals surface area (Å²) in [4.78, 5) is 23.6. The molecule has 1 aromatic rings. The summed E-state index contributed by atoms with van der Waals surface area (Å²) in [6.07, 6.45) is -0.241. The SMILES string of the molecule is COC(=O)CC(Cc1cc(N)ccc1OC)NC(=O)OC(C)(C)C. The Bertz CT molecular complexity index is 581. The number of amides is 1. The number of hydrogen-bond acceptors (Lipinski definition) is 6. The molecule has 134 valence electrons. The highest BCUT2D eigenvalue weighted by atomic mass is 16.6. The predicted octanol–water partition coefficient (Wildman–Crippen LogP) is 2.28. The van der Waals surface area contributed by atoms with Gasteiger partial charge in [-0.2, -0.15) is 0 Å². The van der Waals surface area contributed by atoms with Gasteiger partial charge in [0.05, 0.1) is 20.6 Å². The summed E-state index contributed by atoms with van der Waals surface area (Å²) in [6.45, 7) is 5.30. The lowest BCUT2D eigenvalue weighted by atomic mass is 10.0. The van der Waals surface area contributed by atoms with Crippen LogP contribution in [0.2, 0.25) is 0 Å². The molecule has 1 rings (SSSR count). The van der Waals surface area contributed by atoms with Crippen LogP contribution in [0.1, 0.15) is 32.8 Å². The number of nitrogens with one attached hydrogen (secondary N) is 1. The lowest BCUT2D eigenvalue weighted by Crippen LogP contribution is -2.41. The number of nitrogen functional groups attached to an aromatic ring is 1. The van der Waals surface area contributed by atoms with Gasteiger partial charge in [0, 0.05) is 11.7 Å². The number of hydrogen-bond donors (Lipinski definition) is 2. The maximum absolute atomic E-state index is 12.0. The number of ether oxygens (including phenoxy) is 3. The molecule has 0 bridgehead atoms. The van der Waals surface area contributed by atoms with E-state index >= 15 is 0 Å². The minimum atomic E-state index is -0.630. The minimum absolute atomic E-state index is 0.00764. The highest BCUT2D eigenvalue weighted by molar-refractivity contribution is 5.73. The van der Waals surface area contributed by atoms with Crippen molar-refractivity contribution in [3.05, 3.63) is 23.8 Å². The van der Waals surface area contributed by atoms with Crippen LogP contribution in [0.5, 0.6) is 5.75 Å². The summed E-state index contributed by atoms with van der Waals surface area (Å²) in [5, 5.41) is 2.70. The molecule has 7 nitrogen and oxygen atoms in total. The number of carbonyl (C=O) groups is 2. The number of esters is 1. The maximum atomic E-state index is 12.0. The van der Waals surface area contributed by atoms with Crippen molar-refractivity contribution in [2.45, 2.75) is 45.3 Å². The molecule has 0 radical (unpaired) electrons. The van der Waals surface area contributed by atoms with Crippen molar-refractivity contribution in [1.82, 2.24) is 5.32 Å². The Morgan fingerprint density at radius 1 is 1.25 bits per heavy atom. The van der Waals surface area contributed by atoms with Crippen molar-refractivity contribution in [2.75, 3.05) is 20.0 Å². The topological polar surface area (TPSA) is 99.9 Å². The van der Waals surface area contributed by atoms with Crippen LogP contribution in [0.25, 0.3) is 0 Å². The third-order valence-electron chi connectivity index (χ3n) is 3.13. The molecule has 0 fully saturated rings. The molecule has 1 atom stereocenters. The fourth-order valence-electron chi connectivity index (χ4n) is 2.16. The number of nitrogens with two attached hydrogens (primary N) is 1. The molecule has 1 unspecified atom stereocenters. The van der Waals surface area contributed by atoms with Crippen molar-refractivity contribution in [1.29, 1.82) is 0 Å². The van der Waals surface area contributed by atoms with Crippen LogP contribution in [0.4, 0.5) is 10.5 Å². The molecule has 0 aliphatic rings. The summed E-state index contributed by atoms with van der Waals surface area (Å²) in [5.74, 6) is 0.198. The highest BCUT2D eigenvalue weighted by Gasteiger charge is 2.23. The fraction of sp³-hybridized carbons (Fsp3) is 0.529. The number of anilines is 1. The van der Waals surface area contributed by atoms with Gasteiger partial charge < -0.3 is 25.3 Å². The first kappa shape index (κ1) is 19.6. The molecule has 0 heterocycles. The van der Waals surface area contributed by atoms with Crippen LogP contribution in [-0.4, -0.2) is 37.9 Å². The van der Waals surface area contributed by atoms with Gasteiger partial charge in [-0.05, 0) is 51.0 Å². The van der Waals surface area contributed by atoms with E-state index in [1.165, 1.54) is 7.11 Å². The summed E-state index contributed by atoms with van der Waals surface area (Å²) < 4.78 is 15.2. The zero-order valence-corrected chi connectivity index (χ0v) is 14.8. The summed E-state index contributed by atoms with van der Waals surface area (Å²) in [6, 6.07) is 4.70. The Morgan fingerprint density at radius 3 is 2.46 bits per heavy atom. The third-order valence-corrected chi connectivity index (χ3v) is 3.13. The van der Waals surface area contributed by atoms with Gasteiger partial charge in [-0.25, -0.2) is 4.79 Å². The average Bonchev–Trinajstić information content (AvgIpc) is 2.45. The van der Waals surface area contributed by atoms with Crippen LogP contribution in [0.15, 0.2) is 18.2 Å². The van der Waals surface area contributed by atoms with E-state index in [2.05, 4.69) is 5.32 Å². The van der Waals surface area contributed by atoms with Crippen molar-refractivity contribution in [3.63, 3.8) is 0 Å². The molecule has 0 aliphatic carbocycles. The maximum Gasteiger partial charge on any atom is 0.407 e. The standard InChI is InChI=1S/C17H26N2O5/c1-17(2,3)24-16(21)19-13(10-15(20)23-5)9-11-8-12(18)6-7-14(11)22-4/h6-8,13H,9-10,18H2,1-5H3,(H,19,21). The molecule has 7 heteroatoms. The lowest BCUT2D eigenvalue weighted by Gasteiger charge is -2.23. The Morgan fingerprint density at radius 2 is 1.92 bits per heavy atom. The van der Waals surface area contributed by atoms with Crippen molar-refractivity contribution < 1.29 is 23.8 Å². The number of alkyl carbamates (subject to hydrolysis) is 1. The minimum Gasteiger partial charge on any atom is -0.496 e. The van der Waals surface area contributed by atoms with E-state index in [1.807, 2.05) is 0 Å². The molecule has 0 saturated heterocycles. The van der Waals surface area contributed by atoms with Crippen LogP contribution < -0.4 is 15.8 Å². The smallest absolute Gasteiger partial charge is 0.407 e. The molecule has 3 N–H and O–H groups in total. The number of benzene rings is 1. The van der Waals surface area contributed by atoms with Crippen molar-refractivity contribution in [3.8, 4) is 5.75 Å². The van der Waals surface area contributed by atoms with E-state index in [4.69, 9.17) is 19.9 Å². The molecule has 1 aromatic carbocycles. The van der Waals surface area contributed by atoms with E-state index in [1.54, 1.807) is 46.1 Å². The second-order valence-corrected chi connectivity index (χ2v) is 6.40. The van der Waals surface area contributed by atoms with Gasteiger partial charge in [-0.3, -0.25) is 4.79 Å². The largest absolute Gasteiger partial charge is 0.496 e. The monoisotopic (exact) mass is 338 g/mol. The van der Waals surface area contributed by atoms with Gasteiger partial charge >= 0.3 is 12.1 Å². The molecule has 0 spiro atoms. The number of methoxy groups -OCH3 is 2. The second kappa shape index (κ2) is 8.42. The Labute approximate surface area is 142 Å². The van der Waals surface area contributed by atoms with Crippen LogP contribution in [0.3, 0.4) is 0 Å². The number of carbonyl (C=O) groups excluding carboxylic acids is 2. The van der Waals surface area contributed by atoms with Gasteiger partial charge in [0.25, 0.3) is 0 Å². The molecule has 24 heavy (non-hydrogen) atoms. The normalized spacial score (nSPS) is 12.2. The van der Waals surface area contributed by atoms with Gasteiger partial charge in [0.1, 0.15) is 11.4 Å². The third kappa shape index (κ3) is 6.76. The second-order valence-electron chi connectivity index (χ2n) is 6.40. The van der Waals surface area contributed by atoms with E-state index in [-0.39, 0.29) is 6.42 Å². The number of rotatable bonds is 6. The van der Waals surface area contributed by atoms with E-state index in [0.29, 0.717) is 17.9 Å². The molecular weight excluding hydrogens is 312 g/mol. The molecule has 0 aromatic heterocycles. The molecule has 1 amide bonds. The van der Waals surface area contributed by atoms with Gasteiger partial charge in [0.15, 0.2) is 0 Å². The molecule has 0 aliphatic heterocycles. The van der Waals surface area contributed by atoms with Gasteiger partial charge in [-0.1, -0.05) is 0 Å². The Hall–Kier alpha value is -2.44. The van der Waals surface area contributed by atoms with Crippen LogP contribution in [0, 0.1) is 0 Å². The quantitative estimate of drug-likeness (QED) is 0.610. The molecule has 0 saturated carbocycles. The zero-order valence-electron chi connectivity index (χ0n) is 14.8. The van der Waals surface area contributed by atoms with E-state index < -0.39 is 23.7 Å². The van der Waals surface area contributed by atoms with E-state index in [9.17, 15) is 9.59 Å². The van der Waals surface area contributed by atoms with Crippen molar-refractivity contribution in [2.24, 2.45) is 0 Å². The van der Waals surface area contributed by atoms with Crippen LogP contribution in [-0.2, 0) is 20.7 Å². The summed E-state index contributed by atoms with van der Waals surface area (Å²) in [7, 11) is 2.85.